The van der Waals surface area contributed by atoms with Crippen LogP contribution in [-0.4, -0.2) is 31.1 Å². The molecular weight excluding hydrogens is 208 g/mol. The van der Waals surface area contributed by atoms with Crippen LogP contribution in [0.2, 0.25) is 0 Å². The summed E-state index contributed by atoms with van der Waals surface area (Å²) in [5.74, 6) is 0.941. The predicted molar refractivity (Wildman–Crippen MR) is 76.1 cm³/mol. The van der Waals surface area contributed by atoms with Crippen molar-refractivity contribution < 1.29 is 0 Å². The van der Waals surface area contributed by atoms with Crippen LogP contribution in [-0.2, 0) is 0 Å². The maximum atomic E-state index is 5.97. The summed E-state index contributed by atoms with van der Waals surface area (Å²) in [4.78, 5) is 2.58. The Balaban J connectivity index is 2.44. The lowest BCUT2D eigenvalue weighted by atomic mass is 9.82. The molecule has 102 valence electrons. The molecule has 17 heavy (non-hydrogen) atoms. The van der Waals surface area contributed by atoms with Gasteiger partial charge in [-0.15, -0.1) is 0 Å². The van der Waals surface area contributed by atoms with Gasteiger partial charge in [-0.25, -0.2) is 0 Å². The molecule has 0 saturated heterocycles. The Morgan fingerprint density at radius 3 is 2.29 bits per heavy atom. The topological polar surface area (TPSA) is 29.3 Å². The molecule has 0 heterocycles. The van der Waals surface area contributed by atoms with Crippen molar-refractivity contribution in [3.63, 3.8) is 0 Å². The average Bonchev–Trinajstić information content (AvgIpc) is 2.30. The standard InChI is InChI=1S/C15H32N2/c1-5-10-15(3,11-16)12-17(4)14-8-6-13(2)7-9-14/h13-14H,5-12,16H2,1-4H3. The van der Waals surface area contributed by atoms with Crippen molar-refractivity contribution in [1.82, 2.24) is 4.90 Å². The van der Waals surface area contributed by atoms with Gasteiger partial charge < -0.3 is 10.6 Å². The van der Waals surface area contributed by atoms with Gasteiger partial charge in [0.25, 0.3) is 0 Å². The van der Waals surface area contributed by atoms with Gasteiger partial charge in [0.15, 0.2) is 0 Å². The molecule has 1 aliphatic carbocycles. The second-order valence-electron chi connectivity index (χ2n) is 6.59. The maximum absolute atomic E-state index is 5.97. The predicted octanol–water partition coefficient (Wildman–Crippen LogP) is 3.26. The lowest BCUT2D eigenvalue weighted by Gasteiger charge is -2.39. The van der Waals surface area contributed by atoms with Crippen molar-refractivity contribution in [3.05, 3.63) is 0 Å². The van der Waals surface area contributed by atoms with Crippen LogP contribution in [0.1, 0.15) is 59.3 Å². The summed E-state index contributed by atoms with van der Waals surface area (Å²) >= 11 is 0. The summed E-state index contributed by atoms with van der Waals surface area (Å²) in [5.41, 5.74) is 6.28. The SMILES string of the molecule is CCCC(C)(CN)CN(C)C1CCC(C)CC1. The largest absolute Gasteiger partial charge is 0.330 e. The molecule has 0 aromatic rings. The van der Waals surface area contributed by atoms with Gasteiger partial charge in [0.05, 0.1) is 0 Å². The highest BCUT2D eigenvalue weighted by molar-refractivity contribution is 4.83. The first-order chi connectivity index (χ1) is 8.00. The molecule has 2 nitrogen and oxygen atoms in total. The molecule has 2 N–H and O–H groups in total. The fourth-order valence-corrected chi connectivity index (χ4v) is 3.26. The molecule has 0 radical (unpaired) electrons. The molecule has 0 aromatic heterocycles. The molecule has 0 amide bonds. The third-order valence-corrected chi connectivity index (χ3v) is 4.59. The lowest BCUT2D eigenvalue weighted by Crippen LogP contribution is -2.44. The van der Waals surface area contributed by atoms with Crippen LogP contribution in [0, 0.1) is 11.3 Å². The van der Waals surface area contributed by atoms with Crippen LogP contribution in [0.5, 0.6) is 0 Å². The third kappa shape index (κ3) is 4.59. The molecule has 0 bridgehead atoms. The minimum atomic E-state index is 0.312. The Kier molecular flexibility index (Phi) is 5.94. The summed E-state index contributed by atoms with van der Waals surface area (Å²) < 4.78 is 0. The van der Waals surface area contributed by atoms with Gasteiger partial charge in [-0.05, 0) is 57.0 Å². The normalized spacial score (nSPS) is 29.3. The first-order valence-corrected chi connectivity index (χ1v) is 7.41. The smallest absolute Gasteiger partial charge is 0.00926 e. The molecule has 1 rings (SSSR count). The van der Waals surface area contributed by atoms with Gasteiger partial charge in [-0.1, -0.05) is 27.2 Å². The second-order valence-corrected chi connectivity index (χ2v) is 6.59. The number of rotatable bonds is 6. The third-order valence-electron chi connectivity index (χ3n) is 4.59. The monoisotopic (exact) mass is 240 g/mol. The second kappa shape index (κ2) is 6.75. The average molecular weight is 240 g/mol. The molecule has 1 unspecified atom stereocenters. The molecule has 0 spiro atoms. The zero-order valence-electron chi connectivity index (χ0n) is 12.3. The van der Waals surface area contributed by atoms with E-state index in [1.54, 1.807) is 0 Å². The van der Waals surface area contributed by atoms with E-state index in [2.05, 4.69) is 32.7 Å². The van der Waals surface area contributed by atoms with E-state index in [4.69, 9.17) is 5.73 Å². The molecule has 1 fully saturated rings. The molecule has 1 atom stereocenters. The Morgan fingerprint density at radius 1 is 1.24 bits per heavy atom. The summed E-state index contributed by atoms with van der Waals surface area (Å²) in [6.07, 6.45) is 8.05. The number of hydrogen-bond acceptors (Lipinski definition) is 2. The summed E-state index contributed by atoms with van der Waals surface area (Å²) in [6.45, 7) is 8.97. The highest BCUT2D eigenvalue weighted by Gasteiger charge is 2.28. The summed E-state index contributed by atoms with van der Waals surface area (Å²) in [6, 6.07) is 0.800. The quantitative estimate of drug-likeness (QED) is 0.772. The summed E-state index contributed by atoms with van der Waals surface area (Å²) in [7, 11) is 2.30. The Hall–Kier alpha value is -0.0800. The van der Waals surface area contributed by atoms with Crippen LogP contribution in [0.4, 0.5) is 0 Å². The van der Waals surface area contributed by atoms with E-state index in [1.165, 1.54) is 38.5 Å². The van der Waals surface area contributed by atoms with Crippen molar-refractivity contribution in [1.29, 1.82) is 0 Å². The zero-order valence-corrected chi connectivity index (χ0v) is 12.3. The van der Waals surface area contributed by atoms with E-state index in [-0.39, 0.29) is 0 Å². The van der Waals surface area contributed by atoms with Gasteiger partial charge >= 0.3 is 0 Å². The van der Waals surface area contributed by atoms with Crippen LogP contribution in [0.25, 0.3) is 0 Å². The van der Waals surface area contributed by atoms with Gasteiger partial charge in [0, 0.05) is 12.6 Å². The van der Waals surface area contributed by atoms with Gasteiger partial charge in [-0.2, -0.15) is 0 Å². The van der Waals surface area contributed by atoms with Crippen molar-refractivity contribution in [2.24, 2.45) is 17.1 Å². The molecule has 2 heteroatoms. The van der Waals surface area contributed by atoms with Crippen LogP contribution in [0.3, 0.4) is 0 Å². The molecular formula is C15H32N2. The molecule has 1 saturated carbocycles. The number of nitrogens with two attached hydrogens (primary N) is 1. The highest BCUT2D eigenvalue weighted by Crippen LogP contribution is 2.29. The van der Waals surface area contributed by atoms with Crippen molar-refractivity contribution >= 4 is 0 Å². The minimum Gasteiger partial charge on any atom is -0.330 e. The van der Waals surface area contributed by atoms with E-state index in [1.807, 2.05) is 0 Å². The fraction of sp³-hybridized carbons (Fsp3) is 1.00. The molecule has 1 aliphatic rings. The van der Waals surface area contributed by atoms with Crippen LogP contribution >= 0.6 is 0 Å². The van der Waals surface area contributed by atoms with Crippen LogP contribution < -0.4 is 5.73 Å². The van der Waals surface area contributed by atoms with Gasteiger partial charge in [0.1, 0.15) is 0 Å². The summed E-state index contributed by atoms with van der Waals surface area (Å²) in [5, 5.41) is 0. The first-order valence-electron chi connectivity index (χ1n) is 7.41. The van der Waals surface area contributed by atoms with Crippen molar-refractivity contribution in [2.45, 2.75) is 65.3 Å². The minimum absolute atomic E-state index is 0.312. The Morgan fingerprint density at radius 2 is 1.82 bits per heavy atom. The molecule has 0 aromatic carbocycles. The van der Waals surface area contributed by atoms with E-state index >= 15 is 0 Å². The van der Waals surface area contributed by atoms with E-state index in [9.17, 15) is 0 Å². The lowest BCUT2D eigenvalue weighted by molar-refractivity contribution is 0.110. The fourth-order valence-electron chi connectivity index (χ4n) is 3.26. The van der Waals surface area contributed by atoms with E-state index in [0.717, 1.165) is 25.0 Å². The Bertz CT molecular complexity index is 209. The van der Waals surface area contributed by atoms with Crippen molar-refractivity contribution in [2.75, 3.05) is 20.1 Å². The number of nitrogens with zero attached hydrogens (tertiary/aromatic N) is 1. The van der Waals surface area contributed by atoms with E-state index < -0.39 is 0 Å². The highest BCUT2D eigenvalue weighted by atomic mass is 15.1. The zero-order chi connectivity index (χ0) is 12.9. The van der Waals surface area contributed by atoms with Gasteiger partial charge in [-0.3, -0.25) is 0 Å². The van der Waals surface area contributed by atoms with Crippen LogP contribution in [0.15, 0.2) is 0 Å². The Labute approximate surface area is 108 Å². The molecule has 0 aliphatic heterocycles. The first kappa shape index (κ1) is 15.0. The maximum Gasteiger partial charge on any atom is 0.00926 e. The van der Waals surface area contributed by atoms with E-state index in [0.29, 0.717) is 5.41 Å². The van der Waals surface area contributed by atoms with Crippen molar-refractivity contribution in [3.8, 4) is 0 Å². The van der Waals surface area contributed by atoms with Gasteiger partial charge in [0.2, 0.25) is 0 Å². The number of hydrogen-bond donors (Lipinski definition) is 1.